The molecule has 1 aromatic carbocycles. The molecule has 4 aromatic heterocycles. The number of amides is 4. The summed E-state index contributed by atoms with van der Waals surface area (Å²) < 4.78 is 77.5. The third-order valence-corrected chi connectivity index (χ3v) is 23.5. The molecular weight excluding hydrogens is 1690 g/mol. The number of hydrogen-bond acceptors (Lipinski definition) is 32. The van der Waals surface area contributed by atoms with E-state index in [0.717, 1.165) is 39.9 Å². The number of hydrogen-bond donors (Lipinski definition) is 10. The summed E-state index contributed by atoms with van der Waals surface area (Å²) in [5.74, 6) is -8.20. The zero-order chi connectivity index (χ0) is 93.3. The summed E-state index contributed by atoms with van der Waals surface area (Å²) in [5.41, 5.74) is 17.5. The number of unbranched alkanes of at least 4 members (excludes halogenated alkanes) is 1. The number of methoxy groups -OCH3 is 2. The lowest BCUT2D eigenvalue weighted by molar-refractivity contribution is -0.245. The number of phenolic OH excluding ortho intramolecular Hbond substituents is 1. The predicted molar refractivity (Wildman–Crippen MR) is 476 cm³/mol. The van der Waals surface area contributed by atoms with Crippen LogP contribution < -0.4 is 27.4 Å². The number of anilines is 1. The number of carbonyl (C=O) groups is 8. The third-order valence-electron chi connectivity index (χ3n) is 23.5. The average molecular weight is 1830 g/mol. The number of allylic oxidation sites excluding steroid dienone is 6. The number of nitrogen functional groups attached to an aromatic ring is 1. The van der Waals surface area contributed by atoms with E-state index >= 15 is 0 Å². The number of nitrogens with two attached hydrogens (primary N) is 2. The standard InChI is InChI=1S/C91H136N14O25/c1-59-16-9-8-10-17-60(2)75(118-6)54-68-18-15-26-91(117,130-68)85(113)88(114)103-30-13-11-19-73(103)89(115)129-76(55-74(107)61(3)49-63(5)83(111)84(112)82(110)62(4)48-59)69(92)50-64-20-23-72(77(51-64)119-7)105-56-66(100-102-105)57-128-90(116)96-29-35-123-39-43-127-47-45-125-41-37-121-33-25-79(109)95-28-34-122-38-42-126-46-44-124-40-36-120-32-24-78(108)94-27-12-14-31-104-87-80(86(93)97-58-98-87)81(101-104)71-53-65-52-67(106)21-22-70(65)99-71/h8-10,16-17,21-22,49,52-53,56,58-59,61-62,64,68-69,72-73,75-77,83-84,99,106,111-112,117H,11-15,18-20,23-48,50-51,54-55,57,92H2,1-7H3,(H,94,108)(H,95,109)(H,96,116)(H2,93,97,98)/b10-8?,16-9+,60-17?,63-49+/t59-,61-,62-,64+,68+,69-,72+,73+,75+,76+,77-,83-,84+,91-/m1/s1. The van der Waals surface area contributed by atoms with Gasteiger partial charge in [-0.05, 0) is 138 Å². The molecular formula is C91H136N14O25. The fraction of sp³-hybridized carbons (Fsp3) is 0.659. The van der Waals surface area contributed by atoms with Crippen molar-refractivity contribution in [2.24, 2.45) is 29.4 Å². The lowest BCUT2D eigenvalue weighted by Gasteiger charge is -2.40. The van der Waals surface area contributed by atoms with Gasteiger partial charge in [0, 0.05) is 108 Å². The van der Waals surface area contributed by atoms with Gasteiger partial charge in [-0.1, -0.05) is 62.4 Å². The number of phenols is 1. The average Bonchev–Trinajstić information content (AvgIpc) is 1.60. The number of aliphatic hydroxyl groups is 3. The number of fused-ring (bicyclic) bond motifs is 5. The first-order chi connectivity index (χ1) is 62.7. The van der Waals surface area contributed by atoms with Gasteiger partial charge in [-0.3, -0.25) is 28.8 Å². The van der Waals surface area contributed by atoms with Crippen LogP contribution in [0.2, 0.25) is 0 Å². The Kier molecular flexibility index (Phi) is 44.2. The highest BCUT2D eigenvalue weighted by atomic mass is 16.6. The number of nitrogens with one attached hydrogen (secondary N) is 4. The second kappa shape index (κ2) is 55.2. The first kappa shape index (κ1) is 104. The molecule has 0 unspecified atom stereocenters. The molecule has 7 heterocycles. The van der Waals surface area contributed by atoms with Crippen LogP contribution in [-0.2, 0) is 108 Å². The van der Waals surface area contributed by atoms with Crippen molar-refractivity contribution < 1.29 is 120 Å². The SMILES string of the molecule is CO[C@H]1C[C@@H]2CCC[C@@](O)(O2)C(=O)C(=O)N2CCCC[C@H]2C(=O)O[C@H]([C@H](N)C[C@@H]2CC[C@H](n3cc(COC(=O)NCCOCCOCCOCCOCCC(=O)NCCOCCOCCOCCOCCC(=O)NCCCCn4nc(-c5cc6cc(O)ccc6[nH]5)c5c(N)ncnc54)nn3)[C@H](OC)C2)CC(=O)[C@H](C)/C=C(\C)[C@@H](O)[C@@H](O)C(=O)[C@H](C)C[C@H](C)/C=C/C=CC=C1C. The van der Waals surface area contributed by atoms with Crippen LogP contribution in [0.5, 0.6) is 5.75 Å². The van der Waals surface area contributed by atoms with Gasteiger partial charge < -0.3 is 119 Å². The van der Waals surface area contributed by atoms with E-state index in [0.29, 0.717) is 179 Å². The molecule has 0 spiro atoms. The van der Waals surface area contributed by atoms with Gasteiger partial charge in [-0.25, -0.2) is 28.9 Å². The molecule has 39 heteroatoms. The molecule has 12 N–H and O–H groups in total. The van der Waals surface area contributed by atoms with Crippen molar-refractivity contribution in [2.45, 2.75) is 217 Å². The van der Waals surface area contributed by atoms with Crippen LogP contribution in [0.15, 0.2) is 84.4 Å². The van der Waals surface area contributed by atoms with Crippen LogP contribution in [0.4, 0.5) is 10.6 Å². The predicted octanol–water partition coefficient (Wildman–Crippen LogP) is 5.87. The molecule has 130 heavy (non-hydrogen) atoms. The number of ketones is 3. The summed E-state index contributed by atoms with van der Waals surface area (Å²) in [6, 6.07) is 4.48. The normalized spacial score (nSPS) is 24.8. The summed E-state index contributed by atoms with van der Waals surface area (Å²) in [6.45, 7) is 15.0. The highest BCUT2D eigenvalue weighted by Gasteiger charge is 2.50. The Morgan fingerprint density at radius 3 is 2.04 bits per heavy atom. The van der Waals surface area contributed by atoms with E-state index in [2.05, 4.69) is 41.2 Å². The molecule has 2 saturated heterocycles. The second-order valence-corrected chi connectivity index (χ2v) is 33.6. The Balaban J connectivity index is 0.574. The van der Waals surface area contributed by atoms with Gasteiger partial charge in [-0.15, -0.1) is 5.10 Å². The number of cyclic esters (lactones) is 1. The number of benzene rings is 1. The molecule has 5 aromatic rings. The topological polar surface area (TPSA) is 519 Å². The molecule has 0 radical (unpaired) electrons. The van der Waals surface area contributed by atoms with Gasteiger partial charge in [0.1, 0.15) is 66.0 Å². The fourth-order valence-corrected chi connectivity index (χ4v) is 16.3. The van der Waals surface area contributed by atoms with Gasteiger partial charge in [0.05, 0.1) is 147 Å². The molecule has 14 atom stereocenters. The number of aryl methyl sites for hydroxylation is 1. The smallest absolute Gasteiger partial charge is 0.407 e. The zero-order valence-corrected chi connectivity index (χ0v) is 76.1. The quantitative estimate of drug-likeness (QED) is 0.00943. The molecule has 1 saturated carbocycles. The van der Waals surface area contributed by atoms with Crippen molar-refractivity contribution >= 4 is 74.9 Å². The maximum atomic E-state index is 14.6. The van der Waals surface area contributed by atoms with E-state index < -0.39 is 108 Å². The summed E-state index contributed by atoms with van der Waals surface area (Å²) in [5, 5.41) is 67.5. The van der Waals surface area contributed by atoms with E-state index in [9.17, 15) is 58.8 Å². The van der Waals surface area contributed by atoms with E-state index in [1.54, 1.807) is 61.8 Å². The van der Waals surface area contributed by atoms with E-state index in [1.165, 1.54) is 19.3 Å². The highest BCUT2D eigenvalue weighted by Crippen LogP contribution is 2.39. The minimum absolute atomic E-state index is 0.00333. The number of aromatic nitrogens is 8. The number of aromatic hydroxyl groups is 1. The molecule has 1 aliphatic carbocycles. The van der Waals surface area contributed by atoms with Crippen molar-refractivity contribution in [3.05, 3.63) is 90.1 Å². The van der Waals surface area contributed by atoms with Crippen molar-refractivity contribution in [3.8, 4) is 17.1 Å². The van der Waals surface area contributed by atoms with Crippen LogP contribution in [0.3, 0.4) is 0 Å². The van der Waals surface area contributed by atoms with Gasteiger partial charge in [0.25, 0.3) is 11.7 Å². The highest BCUT2D eigenvalue weighted by molar-refractivity contribution is 6.39. The number of H-pyrrole nitrogens is 1. The van der Waals surface area contributed by atoms with Crippen molar-refractivity contribution in [1.82, 2.24) is 60.6 Å². The Morgan fingerprint density at radius 1 is 0.715 bits per heavy atom. The molecule has 9 rings (SSSR count). The molecule has 39 nitrogen and oxygen atoms in total. The Morgan fingerprint density at radius 2 is 1.37 bits per heavy atom. The molecule has 3 fully saturated rings. The fourth-order valence-electron chi connectivity index (χ4n) is 16.3. The second-order valence-electron chi connectivity index (χ2n) is 33.6. The number of aliphatic hydroxyl groups excluding tert-OH is 2. The van der Waals surface area contributed by atoms with Crippen molar-refractivity contribution in [2.75, 3.05) is 152 Å². The number of carbonyl (C=O) groups excluding carboxylic acids is 8. The largest absolute Gasteiger partial charge is 0.508 e. The Hall–Kier alpha value is -9.43. The summed E-state index contributed by atoms with van der Waals surface area (Å²) in [6.07, 6.45) is 12.7. The van der Waals surface area contributed by atoms with E-state index in [-0.39, 0.29) is 126 Å². The number of aromatic amines is 1. The van der Waals surface area contributed by atoms with Crippen LogP contribution >= 0.6 is 0 Å². The van der Waals surface area contributed by atoms with E-state index in [4.69, 9.17) is 78.1 Å². The molecule has 4 amide bonds. The van der Waals surface area contributed by atoms with Crippen molar-refractivity contribution in [3.63, 3.8) is 0 Å². The minimum Gasteiger partial charge on any atom is -0.508 e. The van der Waals surface area contributed by atoms with Crippen LogP contribution in [-0.4, -0.2) is 313 Å². The lowest BCUT2D eigenvalue weighted by atomic mass is 9.79. The number of nitrogens with zero attached hydrogens (tertiary/aromatic N) is 8. The third kappa shape index (κ3) is 33.4. The lowest BCUT2D eigenvalue weighted by Crippen LogP contribution is -2.58. The molecule has 2 bridgehead atoms. The minimum atomic E-state index is -2.47. The summed E-state index contributed by atoms with van der Waals surface area (Å²) >= 11 is 0. The first-order valence-electron chi connectivity index (χ1n) is 45.4. The zero-order valence-electron chi connectivity index (χ0n) is 76.1. The van der Waals surface area contributed by atoms with Gasteiger partial charge in [0.15, 0.2) is 11.4 Å². The van der Waals surface area contributed by atoms with E-state index in [1.807, 2.05) is 50.3 Å². The maximum absolute atomic E-state index is 14.6. The molecule has 4 aliphatic rings. The van der Waals surface area contributed by atoms with Gasteiger partial charge >= 0.3 is 12.1 Å². The maximum Gasteiger partial charge on any atom is 0.407 e. The number of alkyl carbamates (subject to hydrolysis) is 1. The first-order valence-corrected chi connectivity index (χ1v) is 45.4. The summed E-state index contributed by atoms with van der Waals surface area (Å²) in [7, 11) is 3.12. The van der Waals surface area contributed by atoms with Crippen molar-refractivity contribution in [1.29, 1.82) is 0 Å². The number of rotatable bonds is 44. The van der Waals surface area contributed by atoms with Crippen LogP contribution in [0.1, 0.15) is 156 Å². The van der Waals surface area contributed by atoms with Crippen LogP contribution in [0.25, 0.3) is 33.3 Å². The molecule has 3 aliphatic heterocycles. The Labute approximate surface area is 758 Å². The Bertz CT molecular complexity index is 4520. The number of ether oxygens (including phenoxy) is 13. The van der Waals surface area contributed by atoms with Gasteiger partial charge in [0.2, 0.25) is 17.6 Å². The molecule has 720 valence electrons. The monoisotopic (exact) mass is 1820 g/mol. The van der Waals surface area contributed by atoms with Crippen LogP contribution in [0, 0.1) is 23.7 Å². The summed E-state index contributed by atoms with van der Waals surface area (Å²) in [4.78, 5) is 122. The number of piperidine rings is 1. The number of Topliss-reactive ketones (excluding diaryl/α,β-unsaturated/α-hetero) is 3. The van der Waals surface area contributed by atoms with Gasteiger partial charge in [-0.2, -0.15) is 5.10 Å². The number of esters is 1.